The van der Waals surface area contributed by atoms with Gasteiger partial charge in [-0.05, 0) is 32.3 Å². The van der Waals surface area contributed by atoms with Crippen molar-refractivity contribution in [3.8, 4) is 0 Å². The van der Waals surface area contributed by atoms with Crippen LogP contribution in [0.15, 0.2) is 21.6 Å². The normalized spacial score (nSPS) is 17.0. The number of furan rings is 1. The fourth-order valence-electron chi connectivity index (χ4n) is 1.62. The van der Waals surface area contributed by atoms with E-state index in [0.717, 1.165) is 29.3 Å². The summed E-state index contributed by atoms with van der Waals surface area (Å²) in [6.07, 6.45) is 4.52. The van der Waals surface area contributed by atoms with Gasteiger partial charge in [0, 0.05) is 16.7 Å². The molecule has 2 N–H and O–H groups in total. The highest BCUT2D eigenvalue weighted by atomic mass is 32.2. The van der Waals surface area contributed by atoms with E-state index in [0.29, 0.717) is 12.5 Å². The number of aryl methyl sites for hydroxylation is 1. The number of aliphatic carboxylic acids is 1. The Kier molecular flexibility index (Phi) is 4.12. The summed E-state index contributed by atoms with van der Waals surface area (Å²) < 4.78 is 5.19. The molecular formula is C12H17NO3S. The molecule has 0 radical (unpaired) electrons. The molecule has 2 rings (SSSR count). The van der Waals surface area contributed by atoms with Crippen LogP contribution in [0.25, 0.3) is 0 Å². The van der Waals surface area contributed by atoms with E-state index < -0.39 is 12.0 Å². The van der Waals surface area contributed by atoms with Gasteiger partial charge in [0.2, 0.25) is 0 Å². The van der Waals surface area contributed by atoms with Crippen LogP contribution in [-0.2, 0) is 4.79 Å². The van der Waals surface area contributed by atoms with Gasteiger partial charge < -0.3 is 14.8 Å². The Morgan fingerprint density at radius 3 is 3.00 bits per heavy atom. The smallest absolute Gasteiger partial charge is 0.320 e. The Morgan fingerprint density at radius 1 is 1.71 bits per heavy atom. The van der Waals surface area contributed by atoms with Crippen molar-refractivity contribution < 1.29 is 14.3 Å². The zero-order valence-corrected chi connectivity index (χ0v) is 10.6. The molecule has 1 aromatic rings. The van der Waals surface area contributed by atoms with Gasteiger partial charge in [-0.1, -0.05) is 0 Å². The molecule has 5 heteroatoms. The lowest BCUT2D eigenvalue weighted by molar-refractivity contribution is -0.139. The molecule has 0 aliphatic heterocycles. The maximum Gasteiger partial charge on any atom is 0.320 e. The van der Waals surface area contributed by atoms with E-state index in [1.807, 2.05) is 13.0 Å². The first-order valence-electron chi connectivity index (χ1n) is 5.82. The fraction of sp³-hybridized carbons (Fsp3) is 0.583. The quantitative estimate of drug-likeness (QED) is 0.732. The second-order valence-electron chi connectivity index (χ2n) is 4.31. The van der Waals surface area contributed by atoms with Gasteiger partial charge in [0.15, 0.2) is 0 Å². The third-order valence-electron chi connectivity index (χ3n) is 2.79. The second kappa shape index (κ2) is 5.60. The summed E-state index contributed by atoms with van der Waals surface area (Å²) in [6.45, 7) is 1.92. The van der Waals surface area contributed by atoms with E-state index in [2.05, 4.69) is 5.32 Å². The van der Waals surface area contributed by atoms with Crippen molar-refractivity contribution in [2.24, 2.45) is 0 Å². The molecule has 1 fully saturated rings. The number of rotatable bonds is 7. The number of thioether (sulfide) groups is 1. The summed E-state index contributed by atoms with van der Waals surface area (Å²) >= 11 is 1.65. The summed E-state index contributed by atoms with van der Waals surface area (Å²) in [6, 6.07) is 1.93. The highest BCUT2D eigenvalue weighted by Gasteiger charge is 2.27. The number of nitrogens with one attached hydrogen (secondary N) is 1. The average Bonchev–Trinajstić information content (AvgIpc) is 3.01. The summed E-state index contributed by atoms with van der Waals surface area (Å²) in [7, 11) is 0. The van der Waals surface area contributed by atoms with E-state index in [1.165, 1.54) is 0 Å². The van der Waals surface area contributed by atoms with Crippen molar-refractivity contribution in [3.05, 3.63) is 18.1 Å². The minimum Gasteiger partial charge on any atom is -0.480 e. The predicted octanol–water partition coefficient (Wildman–Crippen LogP) is 2.28. The molecule has 1 aliphatic carbocycles. The molecule has 0 spiro atoms. The minimum absolute atomic E-state index is 0.415. The molecule has 1 aliphatic rings. The number of carbonyl (C=O) groups is 1. The molecule has 1 heterocycles. The van der Waals surface area contributed by atoms with Gasteiger partial charge in [0.05, 0.1) is 6.26 Å². The molecule has 94 valence electrons. The summed E-state index contributed by atoms with van der Waals surface area (Å²) in [5.41, 5.74) is 0. The molecule has 0 amide bonds. The van der Waals surface area contributed by atoms with Gasteiger partial charge in [0.25, 0.3) is 0 Å². The number of hydrogen-bond donors (Lipinski definition) is 2. The van der Waals surface area contributed by atoms with Crippen molar-refractivity contribution in [1.82, 2.24) is 5.32 Å². The average molecular weight is 255 g/mol. The van der Waals surface area contributed by atoms with Gasteiger partial charge in [-0.2, -0.15) is 0 Å². The lowest BCUT2D eigenvalue weighted by Gasteiger charge is -2.13. The van der Waals surface area contributed by atoms with E-state index in [-0.39, 0.29) is 0 Å². The Balaban J connectivity index is 1.75. The molecule has 1 saturated carbocycles. The molecular weight excluding hydrogens is 238 g/mol. The lowest BCUT2D eigenvalue weighted by atomic mass is 10.2. The molecule has 1 atom stereocenters. The first-order valence-corrected chi connectivity index (χ1v) is 6.81. The molecule has 1 aromatic heterocycles. The molecule has 1 unspecified atom stereocenters. The summed E-state index contributed by atoms with van der Waals surface area (Å²) in [5, 5.41) is 12.2. The third kappa shape index (κ3) is 3.78. The zero-order chi connectivity index (χ0) is 12.3. The largest absolute Gasteiger partial charge is 0.480 e. The van der Waals surface area contributed by atoms with Gasteiger partial charge >= 0.3 is 5.97 Å². The highest BCUT2D eigenvalue weighted by molar-refractivity contribution is 7.99. The maximum absolute atomic E-state index is 11.0. The highest BCUT2D eigenvalue weighted by Crippen LogP contribution is 2.25. The van der Waals surface area contributed by atoms with E-state index >= 15 is 0 Å². The SMILES string of the molecule is Cc1occc1SCCC(NC1CC1)C(=O)O. The fourth-order valence-corrected chi connectivity index (χ4v) is 2.60. The lowest BCUT2D eigenvalue weighted by Crippen LogP contribution is -2.38. The van der Waals surface area contributed by atoms with Crippen molar-refractivity contribution >= 4 is 17.7 Å². The maximum atomic E-state index is 11.0. The van der Waals surface area contributed by atoms with Crippen LogP contribution < -0.4 is 5.32 Å². The van der Waals surface area contributed by atoms with Crippen LogP contribution in [0.2, 0.25) is 0 Å². The van der Waals surface area contributed by atoms with Gasteiger partial charge in [0.1, 0.15) is 11.8 Å². The van der Waals surface area contributed by atoms with E-state index in [9.17, 15) is 4.79 Å². The zero-order valence-electron chi connectivity index (χ0n) is 9.81. The van der Waals surface area contributed by atoms with Crippen LogP contribution in [0.1, 0.15) is 25.0 Å². The molecule has 17 heavy (non-hydrogen) atoms. The minimum atomic E-state index is -0.749. The van der Waals surface area contributed by atoms with E-state index in [4.69, 9.17) is 9.52 Å². The molecule has 0 saturated heterocycles. The third-order valence-corrected chi connectivity index (χ3v) is 3.96. The number of hydrogen-bond acceptors (Lipinski definition) is 4. The van der Waals surface area contributed by atoms with Crippen molar-refractivity contribution in [2.45, 2.75) is 43.2 Å². The van der Waals surface area contributed by atoms with Crippen LogP contribution in [0.4, 0.5) is 0 Å². The van der Waals surface area contributed by atoms with E-state index in [1.54, 1.807) is 18.0 Å². The van der Waals surface area contributed by atoms with Crippen molar-refractivity contribution in [3.63, 3.8) is 0 Å². The summed E-state index contributed by atoms with van der Waals surface area (Å²) in [5.74, 6) is 0.940. The van der Waals surface area contributed by atoms with Gasteiger partial charge in [-0.3, -0.25) is 4.79 Å². The van der Waals surface area contributed by atoms with Gasteiger partial charge in [-0.25, -0.2) is 0 Å². The monoisotopic (exact) mass is 255 g/mol. The molecule has 0 bridgehead atoms. The van der Waals surface area contributed by atoms with Crippen LogP contribution >= 0.6 is 11.8 Å². The Bertz CT molecular complexity index is 387. The number of carboxylic acids is 1. The predicted molar refractivity (Wildman–Crippen MR) is 66.4 cm³/mol. The van der Waals surface area contributed by atoms with Gasteiger partial charge in [-0.15, -0.1) is 11.8 Å². The van der Waals surface area contributed by atoms with Crippen LogP contribution in [0.5, 0.6) is 0 Å². The van der Waals surface area contributed by atoms with Crippen LogP contribution in [0.3, 0.4) is 0 Å². The molecule has 4 nitrogen and oxygen atoms in total. The second-order valence-corrected chi connectivity index (χ2v) is 5.45. The van der Waals surface area contributed by atoms with Crippen molar-refractivity contribution in [2.75, 3.05) is 5.75 Å². The standard InChI is InChI=1S/C12H17NO3S/c1-8-11(4-6-16-8)17-7-5-10(12(14)15)13-9-2-3-9/h4,6,9-10,13H,2-3,5,7H2,1H3,(H,14,15). The molecule has 0 aromatic carbocycles. The topological polar surface area (TPSA) is 62.5 Å². The first kappa shape index (κ1) is 12.5. The first-order chi connectivity index (χ1) is 8.16. The Hall–Kier alpha value is -0.940. The van der Waals surface area contributed by atoms with Crippen LogP contribution in [0, 0.1) is 6.92 Å². The Morgan fingerprint density at radius 2 is 2.47 bits per heavy atom. The summed E-state index contributed by atoms with van der Waals surface area (Å²) in [4.78, 5) is 12.1. The van der Waals surface area contributed by atoms with Crippen molar-refractivity contribution in [1.29, 1.82) is 0 Å². The number of carboxylic acid groups (broad SMARTS) is 1. The van der Waals surface area contributed by atoms with Crippen LogP contribution in [-0.4, -0.2) is 28.9 Å². The Labute approximate surface area is 105 Å².